The fraction of sp³-hybridized carbons (Fsp3) is 1.00. The van der Waals surface area contributed by atoms with Crippen molar-refractivity contribution in [2.24, 2.45) is 11.8 Å². The number of rotatable bonds is 8. The molecule has 4 aliphatic heterocycles. The van der Waals surface area contributed by atoms with E-state index in [0.717, 1.165) is 25.0 Å². The summed E-state index contributed by atoms with van der Waals surface area (Å²) < 4.78 is 8.39. The summed E-state index contributed by atoms with van der Waals surface area (Å²) in [5.41, 5.74) is 0. The average molecular weight is 363 g/mol. The number of hydrogen-bond acceptors (Lipinski definition) is 5. The van der Waals surface area contributed by atoms with Crippen LogP contribution in [0.4, 0.5) is 0 Å². The van der Waals surface area contributed by atoms with E-state index in [4.69, 9.17) is 4.74 Å². The first-order chi connectivity index (χ1) is 9.80. The second kappa shape index (κ2) is 4.93. The zero-order valence-corrected chi connectivity index (χ0v) is 16.7. The van der Waals surface area contributed by atoms with Gasteiger partial charge >= 0.3 is 0 Å². The van der Waals surface area contributed by atoms with E-state index in [1.165, 1.54) is 23.0 Å². The Morgan fingerprint density at radius 3 is 1.10 bits per heavy atom. The van der Waals surface area contributed by atoms with Gasteiger partial charge < -0.3 is 4.74 Å². The van der Waals surface area contributed by atoms with Crippen LogP contribution in [-0.2, 0) is 4.74 Å². The Kier molecular flexibility index (Phi) is 3.73. The van der Waals surface area contributed by atoms with Gasteiger partial charge in [0.2, 0.25) is 0 Å². The molecule has 0 spiro atoms. The predicted octanol–water partition coefficient (Wildman–Crippen LogP) is 4.26. The second-order valence-electron chi connectivity index (χ2n) is 8.05. The van der Waals surface area contributed by atoms with E-state index in [0.29, 0.717) is 19.0 Å². The van der Waals surface area contributed by atoms with E-state index in [1.807, 2.05) is 0 Å². The molecule has 4 unspecified atom stereocenters. The van der Waals surface area contributed by atoms with Crippen molar-refractivity contribution in [1.29, 1.82) is 0 Å². The summed E-state index contributed by atoms with van der Waals surface area (Å²) in [5.74, 6) is 6.81. The molecule has 0 saturated carbocycles. The quantitative estimate of drug-likeness (QED) is 0.595. The van der Waals surface area contributed by atoms with E-state index in [2.05, 4.69) is 74.7 Å². The maximum Gasteiger partial charge on any atom is 0.0521 e. The van der Waals surface area contributed by atoms with Gasteiger partial charge in [-0.15, -0.1) is 0 Å². The molecule has 4 saturated heterocycles. The maximum atomic E-state index is 6.37. The van der Waals surface area contributed by atoms with Crippen molar-refractivity contribution in [2.45, 2.75) is 46.7 Å². The first-order valence-electron chi connectivity index (χ1n) is 7.93. The normalized spacial score (nSPS) is 53.1. The lowest BCUT2D eigenvalue weighted by Gasteiger charge is -2.31. The zero-order chi connectivity index (χ0) is 14.9. The van der Waals surface area contributed by atoms with Crippen molar-refractivity contribution < 1.29 is 4.74 Å². The highest BCUT2D eigenvalue weighted by molar-refractivity contribution is 8.09. The van der Waals surface area contributed by atoms with Crippen molar-refractivity contribution in [3.05, 3.63) is 0 Å². The molecule has 0 aromatic rings. The largest absolute Gasteiger partial charge is 0.381 e. The molecule has 5 heteroatoms. The van der Waals surface area contributed by atoms with Crippen molar-refractivity contribution in [2.75, 3.05) is 36.2 Å². The summed E-state index contributed by atoms with van der Waals surface area (Å²) >= 11 is 8.55. The van der Waals surface area contributed by atoms with Gasteiger partial charge in [0.05, 0.1) is 13.2 Å². The van der Waals surface area contributed by atoms with E-state index >= 15 is 0 Å². The third-order valence-corrected chi connectivity index (χ3v) is 11.9. The molecular weight excluding hydrogens is 336 g/mol. The van der Waals surface area contributed by atoms with Gasteiger partial charge in [0.25, 0.3) is 0 Å². The minimum atomic E-state index is 0.504. The summed E-state index contributed by atoms with van der Waals surface area (Å²) in [4.78, 5) is 0. The molecule has 4 rings (SSSR count). The Bertz CT molecular complexity index is 360. The van der Waals surface area contributed by atoms with Crippen LogP contribution in [0.3, 0.4) is 0 Å². The average Bonchev–Trinajstić information content (AvgIpc) is 3.16. The Morgan fingerprint density at radius 2 is 0.905 bits per heavy atom. The molecule has 4 aliphatic rings. The van der Waals surface area contributed by atoms with E-state index < -0.39 is 0 Å². The maximum absolute atomic E-state index is 6.37. The highest BCUT2D eigenvalue weighted by Gasteiger charge is 2.61. The molecule has 4 atom stereocenters. The molecule has 21 heavy (non-hydrogen) atoms. The number of hydrogen-bond donors (Lipinski definition) is 0. The van der Waals surface area contributed by atoms with Gasteiger partial charge in [-0.05, 0) is 27.7 Å². The topological polar surface area (TPSA) is 9.23 Å². The van der Waals surface area contributed by atoms with Crippen LogP contribution in [-0.4, -0.2) is 55.2 Å². The van der Waals surface area contributed by atoms with Gasteiger partial charge in [0, 0.05) is 53.8 Å². The van der Waals surface area contributed by atoms with Gasteiger partial charge in [-0.3, -0.25) is 0 Å². The van der Waals surface area contributed by atoms with Crippen molar-refractivity contribution >= 4 is 47.0 Å². The van der Waals surface area contributed by atoms with Crippen LogP contribution >= 0.6 is 47.0 Å². The summed E-state index contributed by atoms with van der Waals surface area (Å²) in [5, 5.41) is 0. The summed E-state index contributed by atoms with van der Waals surface area (Å²) in [6.07, 6.45) is 0. The molecule has 0 radical (unpaired) electrons. The van der Waals surface area contributed by atoms with Crippen LogP contribution in [0, 0.1) is 11.8 Å². The van der Waals surface area contributed by atoms with E-state index in [-0.39, 0.29) is 0 Å². The molecule has 0 aromatic heterocycles. The van der Waals surface area contributed by atoms with Crippen LogP contribution in [0.15, 0.2) is 0 Å². The fourth-order valence-corrected chi connectivity index (χ4v) is 7.54. The third kappa shape index (κ3) is 3.04. The lowest BCUT2D eigenvalue weighted by molar-refractivity contribution is 0.0515. The highest BCUT2D eigenvalue weighted by atomic mass is 32.2. The summed E-state index contributed by atoms with van der Waals surface area (Å²) in [7, 11) is 0. The van der Waals surface area contributed by atoms with Crippen LogP contribution in [0.1, 0.15) is 27.7 Å². The van der Waals surface area contributed by atoms with E-state index in [1.54, 1.807) is 0 Å². The molecule has 4 heterocycles. The molecule has 1 nitrogen and oxygen atoms in total. The molecule has 0 amide bonds. The molecule has 0 aromatic carbocycles. The predicted molar refractivity (Wildman–Crippen MR) is 101 cm³/mol. The van der Waals surface area contributed by atoms with Gasteiger partial charge in [0.1, 0.15) is 0 Å². The van der Waals surface area contributed by atoms with Crippen LogP contribution in [0.25, 0.3) is 0 Å². The first kappa shape index (κ1) is 15.9. The standard InChI is InChI=1S/C16H26OS4/c1-13(7-18-13)11(14(2)8-19-14)5-17-6-12(15(3)9-20-15)16(4)10-21-16/h11-12H,5-10H2,1-4H3. The van der Waals surface area contributed by atoms with Gasteiger partial charge in [-0.25, -0.2) is 0 Å². The Labute approximate surface area is 146 Å². The van der Waals surface area contributed by atoms with Crippen molar-refractivity contribution in [3.8, 4) is 0 Å². The second-order valence-corrected chi connectivity index (χ2v) is 14.1. The molecule has 0 aliphatic carbocycles. The first-order valence-corrected chi connectivity index (χ1v) is 11.9. The van der Waals surface area contributed by atoms with Gasteiger partial charge in [0.15, 0.2) is 0 Å². The zero-order valence-electron chi connectivity index (χ0n) is 13.4. The summed E-state index contributed by atoms with van der Waals surface area (Å²) in [6, 6.07) is 0. The molecule has 4 fully saturated rings. The fourth-order valence-electron chi connectivity index (χ4n) is 3.56. The van der Waals surface area contributed by atoms with Crippen LogP contribution in [0.5, 0.6) is 0 Å². The Morgan fingerprint density at radius 1 is 0.667 bits per heavy atom. The summed E-state index contributed by atoms with van der Waals surface area (Å²) in [6.45, 7) is 11.7. The molecular formula is C16H26OS4. The molecule has 0 bridgehead atoms. The molecule has 120 valence electrons. The van der Waals surface area contributed by atoms with Crippen LogP contribution < -0.4 is 0 Å². The minimum Gasteiger partial charge on any atom is -0.381 e. The lowest BCUT2D eigenvalue weighted by Crippen LogP contribution is -2.39. The monoisotopic (exact) mass is 362 g/mol. The minimum absolute atomic E-state index is 0.504. The highest BCUT2D eigenvalue weighted by Crippen LogP contribution is 2.64. The number of thioether (sulfide) groups is 4. The van der Waals surface area contributed by atoms with Crippen molar-refractivity contribution in [1.82, 2.24) is 0 Å². The van der Waals surface area contributed by atoms with Crippen molar-refractivity contribution in [3.63, 3.8) is 0 Å². The lowest BCUT2D eigenvalue weighted by atomic mass is 9.85. The van der Waals surface area contributed by atoms with E-state index in [9.17, 15) is 0 Å². The molecule has 0 N–H and O–H groups in total. The Hall–Kier alpha value is 1.36. The number of ether oxygens (including phenoxy) is 1. The Balaban J connectivity index is 1.35. The van der Waals surface area contributed by atoms with Gasteiger partial charge in [-0.2, -0.15) is 47.0 Å². The van der Waals surface area contributed by atoms with Crippen LogP contribution in [0.2, 0.25) is 0 Å². The van der Waals surface area contributed by atoms with Gasteiger partial charge in [-0.1, -0.05) is 0 Å². The SMILES string of the molecule is CC1(C(COCC(C2(C)CS2)C2(C)CS2)C2(C)CS2)CS1. The smallest absolute Gasteiger partial charge is 0.0521 e. The third-order valence-electron chi connectivity index (χ3n) is 5.92.